The molecule has 1 spiro atoms. The first kappa shape index (κ1) is 11.3. The molecule has 2 aliphatic rings. The van der Waals surface area contributed by atoms with Crippen molar-refractivity contribution in [3.8, 4) is 0 Å². The predicted molar refractivity (Wildman–Crippen MR) is 55.1 cm³/mol. The maximum absolute atomic E-state index is 12.9. The highest BCUT2D eigenvalue weighted by Gasteiger charge is 2.35. The van der Waals surface area contributed by atoms with E-state index in [1.807, 2.05) is 0 Å². The van der Waals surface area contributed by atoms with Gasteiger partial charge in [-0.25, -0.2) is 4.39 Å². The zero-order chi connectivity index (χ0) is 8.44. The van der Waals surface area contributed by atoms with Crippen molar-refractivity contribution in [2.45, 2.75) is 44.7 Å². The van der Waals surface area contributed by atoms with Gasteiger partial charge in [-0.1, -0.05) is 0 Å². The van der Waals surface area contributed by atoms with Gasteiger partial charge in [-0.05, 0) is 57.0 Å². The van der Waals surface area contributed by atoms with Crippen LogP contribution in [0, 0.1) is 5.41 Å². The SMILES string of the molecule is Cl.FC1CCC2(CCNCC2)CC1. The second-order valence-electron chi connectivity index (χ2n) is 4.42. The summed E-state index contributed by atoms with van der Waals surface area (Å²) >= 11 is 0. The van der Waals surface area contributed by atoms with Gasteiger partial charge in [0.15, 0.2) is 0 Å². The molecule has 1 N–H and O–H groups in total. The summed E-state index contributed by atoms with van der Waals surface area (Å²) in [5.74, 6) is 0. The zero-order valence-electron chi connectivity index (χ0n) is 8.02. The van der Waals surface area contributed by atoms with Crippen LogP contribution in [0.2, 0.25) is 0 Å². The number of halogens is 2. The fourth-order valence-electron chi connectivity index (χ4n) is 2.65. The van der Waals surface area contributed by atoms with Crippen LogP contribution in [-0.4, -0.2) is 19.3 Å². The molecule has 1 saturated carbocycles. The van der Waals surface area contributed by atoms with Gasteiger partial charge in [0.25, 0.3) is 0 Å². The van der Waals surface area contributed by atoms with Crippen molar-refractivity contribution in [3.63, 3.8) is 0 Å². The lowest BCUT2D eigenvalue weighted by molar-refractivity contribution is 0.0877. The Hall–Kier alpha value is 0.180. The van der Waals surface area contributed by atoms with Crippen LogP contribution < -0.4 is 5.32 Å². The molecule has 0 aromatic rings. The van der Waals surface area contributed by atoms with Crippen molar-refractivity contribution in [2.75, 3.05) is 13.1 Å². The quantitative estimate of drug-likeness (QED) is 0.644. The summed E-state index contributed by atoms with van der Waals surface area (Å²) < 4.78 is 12.9. The standard InChI is InChI=1S/C10H18FN.ClH/c11-9-1-3-10(4-2-9)5-7-12-8-6-10;/h9,12H,1-8H2;1H. The summed E-state index contributed by atoms with van der Waals surface area (Å²) in [6.07, 6.45) is 5.97. The summed E-state index contributed by atoms with van der Waals surface area (Å²) in [6, 6.07) is 0. The average molecular weight is 208 g/mol. The number of nitrogens with one attached hydrogen (secondary N) is 1. The molecule has 13 heavy (non-hydrogen) atoms. The molecule has 0 aromatic carbocycles. The van der Waals surface area contributed by atoms with Crippen molar-refractivity contribution in [1.82, 2.24) is 5.32 Å². The molecule has 1 aliphatic heterocycles. The van der Waals surface area contributed by atoms with Crippen LogP contribution in [0.4, 0.5) is 4.39 Å². The molecular weight excluding hydrogens is 189 g/mol. The molecule has 0 radical (unpaired) electrons. The average Bonchev–Trinajstić information content (AvgIpc) is 2.13. The molecule has 1 nitrogen and oxygen atoms in total. The van der Waals surface area contributed by atoms with Crippen molar-refractivity contribution in [3.05, 3.63) is 0 Å². The smallest absolute Gasteiger partial charge is 0.100 e. The molecule has 1 saturated heterocycles. The van der Waals surface area contributed by atoms with Gasteiger partial charge in [0.2, 0.25) is 0 Å². The van der Waals surface area contributed by atoms with Gasteiger partial charge in [-0.3, -0.25) is 0 Å². The minimum absolute atomic E-state index is 0. The summed E-state index contributed by atoms with van der Waals surface area (Å²) in [6.45, 7) is 2.30. The highest BCUT2D eigenvalue weighted by molar-refractivity contribution is 5.85. The number of alkyl halides is 1. The third-order valence-electron chi connectivity index (χ3n) is 3.64. The summed E-state index contributed by atoms with van der Waals surface area (Å²) in [5.41, 5.74) is 0.536. The van der Waals surface area contributed by atoms with Crippen LogP contribution >= 0.6 is 12.4 Å². The first-order valence-corrected chi connectivity index (χ1v) is 5.16. The molecular formula is C10H19ClFN. The number of rotatable bonds is 0. The van der Waals surface area contributed by atoms with Gasteiger partial charge in [-0.2, -0.15) is 0 Å². The molecule has 2 fully saturated rings. The van der Waals surface area contributed by atoms with E-state index in [0.717, 1.165) is 38.8 Å². The Morgan fingerprint density at radius 2 is 1.54 bits per heavy atom. The van der Waals surface area contributed by atoms with Gasteiger partial charge in [0.05, 0.1) is 0 Å². The van der Waals surface area contributed by atoms with Crippen LogP contribution in [-0.2, 0) is 0 Å². The summed E-state index contributed by atoms with van der Waals surface area (Å²) in [7, 11) is 0. The Kier molecular flexibility index (Phi) is 3.99. The van der Waals surface area contributed by atoms with Crippen LogP contribution in [0.15, 0.2) is 0 Å². The Bertz CT molecular complexity index is 147. The van der Waals surface area contributed by atoms with Crippen LogP contribution in [0.3, 0.4) is 0 Å². The molecule has 3 heteroatoms. The van der Waals surface area contributed by atoms with E-state index >= 15 is 0 Å². The van der Waals surface area contributed by atoms with Gasteiger partial charge in [0, 0.05) is 0 Å². The van der Waals surface area contributed by atoms with Crippen molar-refractivity contribution < 1.29 is 4.39 Å². The van der Waals surface area contributed by atoms with E-state index in [1.165, 1.54) is 12.8 Å². The lowest BCUT2D eigenvalue weighted by atomic mass is 9.68. The van der Waals surface area contributed by atoms with Crippen molar-refractivity contribution in [2.24, 2.45) is 5.41 Å². The Labute approximate surface area is 85.9 Å². The second-order valence-corrected chi connectivity index (χ2v) is 4.42. The minimum Gasteiger partial charge on any atom is -0.317 e. The van der Waals surface area contributed by atoms with E-state index in [4.69, 9.17) is 0 Å². The fraction of sp³-hybridized carbons (Fsp3) is 1.00. The molecule has 2 rings (SSSR count). The normalized spacial score (nSPS) is 28.4. The van der Waals surface area contributed by atoms with Gasteiger partial charge in [-0.15, -0.1) is 12.4 Å². The Balaban J connectivity index is 0.000000845. The molecule has 0 bridgehead atoms. The van der Waals surface area contributed by atoms with E-state index in [-0.39, 0.29) is 12.4 Å². The molecule has 78 valence electrons. The van der Waals surface area contributed by atoms with Gasteiger partial charge < -0.3 is 5.32 Å². The monoisotopic (exact) mass is 207 g/mol. The molecule has 1 heterocycles. The van der Waals surface area contributed by atoms with Crippen LogP contribution in [0.25, 0.3) is 0 Å². The predicted octanol–water partition coefficient (Wildman–Crippen LogP) is 2.69. The topological polar surface area (TPSA) is 12.0 Å². The van der Waals surface area contributed by atoms with E-state index < -0.39 is 6.17 Å². The molecule has 0 aromatic heterocycles. The third kappa shape index (κ3) is 2.57. The first-order chi connectivity index (χ1) is 5.81. The molecule has 1 aliphatic carbocycles. The summed E-state index contributed by atoms with van der Waals surface area (Å²) in [4.78, 5) is 0. The highest BCUT2D eigenvalue weighted by Crippen LogP contribution is 2.43. The summed E-state index contributed by atoms with van der Waals surface area (Å²) in [5, 5.41) is 3.37. The maximum atomic E-state index is 12.9. The van der Waals surface area contributed by atoms with Crippen molar-refractivity contribution >= 4 is 12.4 Å². The maximum Gasteiger partial charge on any atom is 0.100 e. The second kappa shape index (κ2) is 4.61. The molecule has 0 atom stereocenters. The number of hydrogen-bond donors (Lipinski definition) is 1. The molecule has 0 unspecified atom stereocenters. The lowest BCUT2D eigenvalue weighted by Crippen LogP contribution is -2.39. The first-order valence-electron chi connectivity index (χ1n) is 5.16. The number of piperidine rings is 1. The van der Waals surface area contributed by atoms with Crippen LogP contribution in [0.1, 0.15) is 38.5 Å². The fourth-order valence-corrected chi connectivity index (χ4v) is 2.65. The van der Waals surface area contributed by atoms with Crippen molar-refractivity contribution in [1.29, 1.82) is 0 Å². The van der Waals surface area contributed by atoms with Gasteiger partial charge in [0.1, 0.15) is 6.17 Å². The Morgan fingerprint density at radius 1 is 1.00 bits per heavy atom. The van der Waals surface area contributed by atoms with E-state index in [0.29, 0.717) is 5.41 Å². The lowest BCUT2D eigenvalue weighted by Gasteiger charge is -2.41. The van der Waals surface area contributed by atoms with E-state index in [1.54, 1.807) is 0 Å². The molecule has 0 amide bonds. The minimum atomic E-state index is -0.495. The van der Waals surface area contributed by atoms with E-state index in [2.05, 4.69) is 5.32 Å². The number of hydrogen-bond acceptors (Lipinski definition) is 1. The zero-order valence-corrected chi connectivity index (χ0v) is 8.84. The largest absolute Gasteiger partial charge is 0.317 e. The van der Waals surface area contributed by atoms with E-state index in [9.17, 15) is 4.39 Å². The van der Waals surface area contributed by atoms with Gasteiger partial charge >= 0.3 is 0 Å². The third-order valence-corrected chi connectivity index (χ3v) is 3.64. The highest BCUT2D eigenvalue weighted by atomic mass is 35.5. The Morgan fingerprint density at radius 3 is 2.08 bits per heavy atom. The van der Waals surface area contributed by atoms with Crippen LogP contribution in [0.5, 0.6) is 0 Å².